The number of carbonyl (C=O) groups is 2. The van der Waals surface area contributed by atoms with Gasteiger partial charge in [-0.2, -0.15) is 0 Å². The number of carboxylic acid groups (broad SMARTS) is 1. The Morgan fingerprint density at radius 3 is 2.39 bits per heavy atom. The summed E-state index contributed by atoms with van der Waals surface area (Å²) in [4.78, 5) is 28.7. The highest BCUT2D eigenvalue weighted by Crippen LogP contribution is 2.28. The molecule has 0 aliphatic carbocycles. The third kappa shape index (κ3) is 4.05. The van der Waals surface area contributed by atoms with E-state index in [0.717, 1.165) is 28.2 Å². The molecular weight excluding hydrogens is 390 g/mol. The highest BCUT2D eigenvalue weighted by Gasteiger charge is 2.18. The maximum atomic E-state index is 12.9. The molecule has 0 unspecified atom stereocenters. The first-order valence-corrected chi connectivity index (χ1v) is 10.0. The molecule has 2 aromatic heterocycles. The number of aromatic carboxylic acids is 1. The van der Waals surface area contributed by atoms with E-state index in [4.69, 9.17) is 10.1 Å². The van der Waals surface area contributed by atoms with E-state index in [9.17, 15) is 9.59 Å². The molecule has 156 valence electrons. The number of carbonyl (C=O) groups excluding carboxylic acids is 1. The van der Waals surface area contributed by atoms with Gasteiger partial charge in [0.2, 0.25) is 5.91 Å². The van der Waals surface area contributed by atoms with Crippen LogP contribution in [0, 0.1) is 20.8 Å². The van der Waals surface area contributed by atoms with Gasteiger partial charge >= 0.3 is 5.97 Å². The zero-order valence-electron chi connectivity index (χ0n) is 17.6. The Balaban J connectivity index is 1.70. The van der Waals surface area contributed by atoms with Gasteiger partial charge in [-0.3, -0.25) is 4.79 Å². The number of amides is 1. The topological polar surface area (TPSA) is 83.7 Å². The van der Waals surface area contributed by atoms with Crippen LogP contribution in [-0.2, 0) is 11.2 Å². The third-order valence-corrected chi connectivity index (χ3v) is 5.47. The summed E-state index contributed by atoms with van der Waals surface area (Å²) in [7, 11) is 0. The first-order chi connectivity index (χ1) is 14.8. The van der Waals surface area contributed by atoms with Crippen molar-refractivity contribution in [3.8, 4) is 11.3 Å². The largest absolute Gasteiger partial charge is 0.478 e. The molecule has 0 saturated heterocycles. The van der Waals surface area contributed by atoms with E-state index in [2.05, 4.69) is 31.3 Å². The van der Waals surface area contributed by atoms with Crippen molar-refractivity contribution in [1.29, 1.82) is 0 Å². The highest BCUT2D eigenvalue weighted by molar-refractivity contribution is 5.94. The molecule has 0 spiro atoms. The van der Waals surface area contributed by atoms with Crippen molar-refractivity contribution in [2.45, 2.75) is 27.2 Å². The first-order valence-electron chi connectivity index (χ1n) is 10.0. The van der Waals surface area contributed by atoms with Gasteiger partial charge in [-0.25, -0.2) is 9.78 Å². The zero-order valence-corrected chi connectivity index (χ0v) is 17.6. The summed E-state index contributed by atoms with van der Waals surface area (Å²) < 4.78 is 1.97. The molecule has 0 aliphatic rings. The molecule has 0 atom stereocenters. The minimum Gasteiger partial charge on any atom is -0.478 e. The van der Waals surface area contributed by atoms with E-state index >= 15 is 0 Å². The maximum absolute atomic E-state index is 12.9. The number of nitrogens with one attached hydrogen (secondary N) is 1. The van der Waals surface area contributed by atoms with E-state index in [-0.39, 0.29) is 17.9 Å². The van der Waals surface area contributed by atoms with Gasteiger partial charge in [0.25, 0.3) is 0 Å². The zero-order chi connectivity index (χ0) is 22.1. The van der Waals surface area contributed by atoms with Gasteiger partial charge in [0, 0.05) is 17.4 Å². The number of benzene rings is 2. The lowest BCUT2D eigenvalue weighted by Crippen LogP contribution is -2.16. The van der Waals surface area contributed by atoms with E-state index in [1.807, 2.05) is 35.7 Å². The fourth-order valence-electron chi connectivity index (χ4n) is 3.60. The lowest BCUT2D eigenvalue weighted by atomic mass is 10.0. The molecule has 0 bridgehead atoms. The third-order valence-electron chi connectivity index (χ3n) is 5.47. The van der Waals surface area contributed by atoms with Crippen LogP contribution in [0.2, 0.25) is 0 Å². The summed E-state index contributed by atoms with van der Waals surface area (Å²) in [5, 5.41) is 11.9. The van der Waals surface area contributed by atoms with Crippen molar-refractivity contribution in [2.24, 2.45) is 0 Å². The monoisotopic (exact) mass is 413 g/mol. The molecule has 0 fully saturated rings. The minimum atomic E-state index is -1.00. The Kier molecular flexibility index (Phi) is 5.29. The second kappa shape index (κ2) is 8.07. The van der Waals surface area contributed by atoms with E-state index < -0.39 is 5.97 Å². The maximum Gasteiger partial charge on any atom is 0.335 e. The van der Waals surface area contributed by atoms with Gasteiger partial charge in [0.1, 0.15) is 5.65 Å². The van der Waals surface area contributed by atoms with Crippen LogP contribution >= 0.6 is 0 Å². The van der Waals surface area contributed by atoms with Crippen LogP contribution in [-0.4, -0.2) is 26.4 Å². The van der Waals surface area contributed by atoms with Gasteiger partial charge in [-0.1, -0.05) is 18.2 Å². The van der Waals surface area contributed by atoms with Crippen LogP contribution in [0.1, 0.15) is 32.7 Å². The quantitative estimate of drug-likeness (QED) is 0.492. The number of rotatable bonds is 5. The standard InChI is InChI=1S/C25H23N3O3/c1-15-6-7-19(13-17(15)3)23-21(28-12-4-5-16(2)24(28)27-23)14-22(29)26-20-10-8-18(9-11-20)25(30)31/h4-13H,14H2,1-3H3,(H,26,29)(H,30,31). The van der Waals surface area contributed by atoms with Crippen LogP contribution < -0.4 is 5.32 Å². The number of carboxylic acids is 1. The van der Waals surface area contributed by atoms with Crippen LogP contribution in [0.4, 0.5) is 5.69 Å². The molecule has 2 aromatic carbocycles. The van der Waals surface area contributed by atoms with Crippen LogP contribution in [0.25, 0.3) is 16.9 Å². The Morgan fingerprint density at radius 1 is 0.968 bits per heavy atom. The number of hydrogen-bond acceptors (Lipinski definition) is 3. The molecular formula is C25H23N3O3. The number of pyridine rings is 1. The van der Waals surface area contributed by atoms with Crippen molar-refractivity contribution in [3.05, 3.63) is 88.7 Å². The minimum absolute atomic E-state index is 0.132. The summed E-state index contributed by atoms with van der Waals surface area (Å²) in [6, 6.07) is 16.3. The van der Waals surface area contributed by atoms with Gasteiger partial charge in [0.15, 0.2) is 0 Å². The van der Waals surface area contributed by atoms with E-state index in [1.165, 1.54) is 23.3 Å². The molecule has 2 N–H and O–H groups in total. The number of imidazole rings is 1. The van der Waals surface area contributed by atoms with E-state index in [0.29, 0.717) is 5.69 Å². The lowest BCUT2D eigenvalue weighted by molar-refractivity contribution is -0.115. The molecule has 31 heavy (non-hydrogen) atoms. The molecule has 0 radical (unpaired) electrons. The lowest BCUT2D eigenvalue weighted by Gasteiger charge is -2.09. The molecule has 0 aliphatic heterocycles. The number of aryl methyl sites for hydroxylation is 3. The van der Waals surface area contributed by atoms with Crippen molar-refractivity contribution >= 4 is 23.2 Å². The molecule has 1 amide bonds. The number of anilines is 1. The number of hydrogen-bond donors (Lipinski definition) is 2. The predicted octanol–water partition coefficient (Wildman–Crippen LogP) is 4.81. The molecule has 2 heterocycles. The average Bonchev–Trinajstić information content (AvgIpc) is 3.10. The van der Waals surface area contributed by atoms with E-state index in [1.54, 1.807) is 12.1 Å². The van der Waals surface area contributed by atoms with Gasteiger partial charge in [-0.05, 0) is 73.9 Å². The fourth-order valence-corrected chi connectivity index (χ4v) is 3.60. The molecule has 4 aromatic rings. The Bertz CT molecular complexity index is 1300. The highest BCUT2D eigenvalue weighted by atomic mass is 16.4. The summed E-state index contributed by atoms with van der Waals surface area (Å²) in [6.45, 7) is 6.13. The number of nitrogens with zero attached hydrogens (tertiary/aromatic N) is 2. The summed E-state index contributed by atoms with van der Waals surface area (Å²) >= 11 is 0. The van der Waals surface area contributed by atoms with Crippen LogP contribution in [0.15, 0.2) is 60.8 Å². The summed E-state index contributed by atoms with van der Waals surface area (Å²) in [6.07, 6.45) is 2.05. The fraction of sp³-hybridized carbons (Fsp3) is 0.160. The van der Waals surface area contributed by atoms with Crippen molar-refractivity contribution < 1.29 is 14.7 Å². The Labute approximate surface area is 180 Å². The SMILES string of the molecule is Cc1ccc(-c2nc3c(C)cccn3c2CC(=O)Nc2ccc(C(=O)O)cc2)cc1C. The Hall–Kier alpha value is -3.93. The molecule has 6 heteroatoms. The molecule has 0 saturated carbocycles. The molecule has 4 rings (SSSR count). The average molecular weight is 413 g/mol. The van der Waals surface area contributed by atoms with Gasteiger partial charge < -0.3 is 14.8 Å². The van der Waals surface area contributed by atoms with Gasteiger partial charge in [-0.15, -0.1) is 0 Å². The predicted molar refractivity (Wildman–Crippen MR) is 121 cm³/mol. The first kappa shape index (κ1) is 20.3. The second-order valence-corrected chi connectivity index (χ2v) is 7.70. The second-order valence-electron chi connectivity index (χ2n) is 7.70. The van der Waals surface area contributed by atoms with Crippen molar-refractivity contribution in [2.75, 3.05) is 5.32 Å². The van der Waals surface area contributed by atoms with Crippen LogP contribution in [0.3, 0.4) is 0 Å². The number of fused-ring (bicyclic) bond motifs is 1. The number of aromatic nitrogens is 2. The van der Waals surface area contributed by atoms with Gasteiger partial charge in [0.05, 0.1) is 23.4 Å². The van der Waals surface area contributed by atoms with Crippen molar-refractivity contribution in [3.63, 3.8) is 0 Å². The Morgan fingerprint density at radius 2 is 1.71 bits per heavy atom. The smallest absolute Gasteiger partial charge is 0.335 e. The summed E-state index contributed by atoms with van der Waals surface area (Å²) in [5.41, 5.74) is 7.51. The molecule has 6 nitrogen and oxygen atoms in total. The normalized spacial score (nSPS) is 10.9. The summed E-state index contributed by atoms with van der Waals surface area (Å²) in [5.74, 6) is -1.20. The van der Waals surface area contributed by atoms with Crippen molar-refractivity contribution in [1.82, 2.24) is 9.38 Å². The van der Waals surface area contributed by atoms with Crippen LogP contribution in [0.5, 0.6) is 0 Å².